The molecule has 3 amide bonds. The average molecular weight is 560 g/mol. The number of nitrogens with one attached hydrogen (secondary N) is 2. The van der Waals surface area contributed by atoms with Crippen LogP contribution in [0.15, 0.2) is 53.5 Å². The van der Waals surface area contributed by atoms with Crippen LogP contribution in [-0.2, 0) is 25.5 Å². The summed E-state index contributed by atoms with van der Waals surface area (Å²) in [6, 6.07) is 12.6. The molecule has 0 spiro atoms. The third-order valence-corrected chi connectivity index (χ3v) is 7.45. The lowest BCUT2D eigenvalue weighted by Crippen LogP contribution is -2.39. The van der Waals surface area contributed by atoms with Crippen LogP contribution in [0.5, 0.6) is 0 Å². The predicted octanol–water partition coefficient (Wildman–Crippen LogP) is 4.29. The van der Waals surface area contributed by atoms with Crippen molar-refractivity contribution in [2.24, 2.45) is 12.8 Å². The molecule has 1 aliphatic rings. The fourth-order valence-electron chi connectivity index (χ4n) is 5.06. The molecule has 0 atom stereocenters. The Kier molecular flexibility index (Phi) is 8.42. The topological polar surface area (TPSA) is 130 Å². The first kappa shape index (κ1) is 30.0. The molecule has 0 bridgehead atoms. The number of benzene rings is 2. The van der Waals surface area contributed by atoms with Crippen LogP contribution in [0.3, 0.4) is 0 Å². The number of carbonyl (C=O) groups is 2. The number of rotatable bonds is 7. The van der Waals surface area contributed by atoms with Crippen molar-refractivity contribution in [1.29, 1.82) is 0 Å². The summed E-state index contributed by atoms with van der Waals surface area (Å²) in [5, 5.41) is 15.9. The summed E-state index contributed by atoms with van der Waals surface area (Å²) in [6.07, 6.45) is 2.93. The molecule has 1 aromatic heterocycles. The molecule has 9 heteroatoms. The van der Waals surface area contributed by atoms with E-state index in [1.54, 1.807) is 24.2 Å². The molecular weight excluding hydrogens is 518 g/mol. The lowest BCUT2D eigenvalue weighted by atomic mass is 9.84. The lowest BCUT2D eigenvalue weighted by molar-refractivity contribution is 0.0980. The number of nitrogens with two attached hydrogens (primary N) is 1. The third-order valence-electron chi connectivity index (χ3n) is 7.45. The number of amides is 3. The highest BCUT2D eigenvalue weighted by molar-refractivity contribution is 6.09. The largest absolute Gasteiger partial charge is 0.392 e. The van der Waals surface area contributed by atoms with Crippen molar-refractivity contribution < 1.29 is 14.7 Å². The normalized spacial score (nSPS) is 13.7. The Labute approximate surface area is 241 Å². The van der Waals surface area contributed by atoms with Crippen molar-refractivity contribution >= 4 is 23.3 Å². The van der Waals surface area contributed by atoms with E-state index >= 15 is 0 Å². The maximum absolute atomic E-state index is 13.7. The Morgan fingerprint density at radius 2 is 1.78 bits per heavy atom. The SMILES string of the molecule is Cn1cc(-c2cccc(N3CCc4cc(C(C)(C)C)ccc4C3=O)c2CO)cc(NC(=O)NCCC(C)(C)N)c1=O. The van der Waals surface area contributed by atoms with Crippen molar-refractivity contribution in [2.75, 3.05) is 23.3 Å². The Morgan fingerprint density at radius 3 is 2.44 bits per heavy atom. The van der Waals surface area contributed by atoms with Gasteiger partial charge in [0.1, 0.15) is 5.69 Å². The van der Waals surface area contributed by atoms with E-state index in [0.29, 0.717) is 53.9 Å². The molecule has 1 aliphatic heterocycles. The zero-order valence-corrected chi connectivity index (χ0v) is 24.8. The first-order chi connectivity index (χ1) is 19.2. The number of carbonyl (C=O) groups excluding carboxylic acids is 2. The highest BCUT2D eigenvalue weighted by atomic mass is 16.3. The van der Waals surface area contributed by atoms with Crippen LogP contribution in [0, 0.1) is 0 Å². The Bertz CT molecular complexity index is 1530. The lowest BCUT2D eigenvalue weighted by Gasteiger charge is -2.32. The first-order valence-corrected chi connectivity index (χ1v) is 13.9. The molecule has 0 radical (unpaired) electrons. The highest BCUT2D eigenvalue weighted by Crippen LogP contribution is 2.35. The number of urea groups is 1. The van der Waals surface area contributed by atoms with Crippen LogP contribution in [0.4, 0.5) is 16.2 Å². The molecule has 3 aromatic rings. The summed E-state index contributed by atoms with van der Waals surface area (Å²) in [5.41, 5.74) is 10.6. The van der Waals surface area contributed by atoms with E-state index in [1.807, 2.05) is 44.2 Å². The number of aliphatic hydroxyl groups is 1. The number of anilines is 2. The van der Waals surface area contributed by atoms with Gasteiger partial charge in [0.25, 0.3) is 11.5 Å². The summed E-state index contributed by atoms with van der Waals surface area (Å²) < 4.78 is 1.39. The van der Waals surface area contributed by atoms with Crippen molar-refractivity contribution in [3.63, 3.8) is 0 Å². The molecule has 9 nitrogen and oxygen atoms in total. The quantitative estimate of drug-likeness (QED) is 0.343. The summed E-state index contributed by atoms with van der Waals surface area (Å²) in [4.78, 5) is 40.7. The smallest absolute Gasteiger partial charge is 0.319 e. The zero-order valence-electron chi connectivity index (χ0n) is 24.8. The van der Waals surface area contributed by atoms with Crippen LogP contribution >= 0.6 is 0 Å². The van der Waals surface area contributed by atoms with Crippen LogP contribution in [0.25, 0.3) is 11.1 Å². The van der Waals surface area contributed by atoms with Gasteiger partial charge in [-0.1, -0.05) is 45.0 Å². The van der Waals surface area contributed by atoms with Gasteiger partial charge < -0.3 is 30.9 Å². The van der Waals surface area contributed by atoms with Gasteiger partial charge in [-0.05, 0) is 67.0 Å². The van der Waals surface area contributed by atoms with E-state index < -0.39 is 11.6 Å². The minimum Gasteiger partial charge on any atom is -0.392 e. The summed E-state index contributed by atoms with van der Waals surface area (Å²) in [7, 11) is 1.60. The Balaban J connectivity index is 1.65. The highest BCUT2D eigenvalue weighted by Gasteiger charge is 2.29. The standard InChI is InChI=1S/C32H41N5O4/c1-31(2,3)22-10-11-24-20(16-22)12-15-37(28(24)39)27-9-7-8-23(25(27)19-38)21-17-26(29(40)36(6)18-21)35-30(41)34-14-13-32(4,5)33/h7-11,16-18,38H,12-15,19,33H2,1-6H3,(H2,34,35,41). The molecule has 41 heavy (non-hydrogen) atoms. The van der Waals surface area contributed by atoms with Gasteiger partial charge in [0.2, 0.25) is 0 Å². The van der Waals surface area contributed by atoms with E-state index in [0.717, 1.165) is 5.56 Å². The maximum Gasteiger partial charge on any atom is 0.319 e. The van der Waals surface area contributed by atoms with Crippen molar-refractivity contribution in [3.05, 3.63) is 81.3 Å². The zero-order chi connectivity index (χ0) is 30.1. The Hall–Kier alpha value is -3.95. The molecule has 5 N–H and O–H groups in total. The van der Waals surface area contributed by atoms with Gasteiger partial charge in [-0.2, -0.15) is 0 Å². The van der Waals surface area contributed by atoms with E-state index in [-0.39, 0.29) is 29.2 Å². The van der Waals surface area contributed by atoms with Crippen LogP contribution in [-0.4, -0.2) is 40.2 Å². The first-order valence-electron chi connectivity index (χ1n) is 13.9. The van der Waals surface area contributed by atoms with E-state index in [9.17, 15) is 19.5 Å². The number of aryl methyl sites for hydroxylation is 1. The molecular formula is C32H41N5O4. The van der Waals surface area contributed by atoms with E-state index in [2.05, 4.69) is 37.5 Å². The number of aliphatic hydroxyl groups excluding tert-OH is 1. The van der Waals surface area contributed by atoms with E-state index in [4.69, 9.17) is 5.73 Å². The molecule has 2 heterocycles. The second-order valence-corrected chi connectivity index (χ2v) is 12.5. The third kappa shape index (κ3) is 6.69. The summed E-state index contributed by atoms with van der Waals surface area (Å²) in [5.74, 6) is -0.112. The Morgan fingerprint density at radius 1 is 1.05 bits per heavy atom. The molecule has 0 aliphatic carbocycles. The van der Waals surface area contributed by atoms with Gasteiger partial charge in [0.15, 0.2) is 0 Å². The minimum atomic E-state index is -0.508. The second-order valence-electron chi connectivity index (χ2n) is 12.5. The van der Waals surface area contributed by atoms with Crippen molar-refractivity contribution in [3.8, 4) is 11.1 Å². The number of hydrogen-bond donors (Lipinski definition) is 4. The predicted molar refractivity (Wildman–Crippen MR) is 163 cm³/mol. The number of nitrogens with zero attached hydrogens (tertiary/aromatic N) is 2. The van der Waals surface area contributed by atoms with Gasteiger partial charge in [0, 0.05) is 48.6 Å². The molecule has 0 saturated heterocycles. The molecule has 0 saturated carbocycles. The van der Waals surface area contributed by atoms with Gasteiger partial charge in [-0.15, -0.1) is 0 Å². The maximum atomic E-state index is 13.7. The average Bonchev–Trinajstić information content (AvgIpc) is 2.89. The number of fused-ring (bicyclic) bond motifs is 1. The minimum absolute atomic E-state index is 0.0147. The van der Waals surface area contributed by atoms with Gasteiger partial charge in [0.05, 0.1) is 12.3 Å². The number of hydrogen-bond acceptors (Lipinski definition) is 5. The van der Waals surface area contributed by atoms with Crippen LogP contribution < -0.4 is 26.8 Å². The number of pyridine rings is 1. The molecule has 4 rings (SSSR count). The van der Waals surface area contributed by atoms with Gasteiger partial charge in [-0.25, -0.2) is 4.79 Å². The van der Waals surface area contributed by atoms with E-state index in [1.165, 1.54) is 10.1 Å². The van der Waals surface area contributed by atoms with Gasteiger partial charge >= 0.3 is 6.03 Å². The van der Waals surface area contributed by atoms with Crippen molar-refractivity contribution in [2.45, 2.75) is 65.0 Å². The molecule has 0 fully saturated rings. The second kappa shape index (κ2) is 11.5. The van der Waals surface area contributed by atoms with Gasteiger partial charge in [-0.3, -0.25) is 9.59 Å². The molecule has 218 valence electrons. The monoisotopic (exact) mass is 559 g/mol. The number of aromatic nitrogens is 1. The van der Waals surface area contributed by atoms with Crippen molar-refractivity contribution in [1.82, 2.24) is 9.88 Å². The molecule has 0 unspecified atom stereocenters. The summed E-state index contributed by atoms with van der Waals surface area (Å²) in [6.45, 7) is 10.7. The summed E-state index contributed by atoms with van der Waals surface area (Å²) >= 11 is 0. The fraction of sp³-hybridized carbons (Fsp3) is 0.406. The van der Waals surface area contributed by atoms with Crippen LogP contribution in [0.1, 0.15) is 68.1 Å². The van der Waals surface area contributed by atoms with Crippen LogP contribution in [0.2, 0.25) is 0 Å². The fourth-order valence-corrected chi connectivity index (χ4v) is 5.06. The molecule has 2 aromatic carbocycles.